The summed E-state index contributed by atoms with van der Waals surface area (Å²) in [5.41, 5.74) is 1.52. The maximum atomic E-state index is 12.6. The monoisotopic (exact) mass is 350 g/mol. The molecule has 0 atom stereocenters. The molecular formula is C20H18N2O4. The first-order chi connectivity index (χ1) is 12.5. The van der Waals surface area contributed by atoms with Gasteiger partial charge in [-0.25, -0.2) is 9.59 Å². The third-order valence-corrected chi connectivity index (χ3v) is 4.21. The van der Waals surface area contributed by atoms with E-state index in [1.54, 1.807) is 12.1 Å². The molecule has 3 aromatic rings. The van der Waals surface area contributed by atoms with Crippen molar-refractivity contribution in [2.75, 3.05) is 0 Å². The van der Waals surface area contributed by atoms with Gasteiger partial charge in [0.25, 0.3) is 5.56 Å². The zero-order valence-corrected chi connectivity index (χ0v) is 14.5. The number of carbonyl (C=O) groups is 1. The molecule has 132 valence electrons. The minimum atomic E-state index is -0.516. The van der Waals surface area contributed by atoms with Crippen LogP contribution in [0.1, 0.15) is 16.1 Å². The molecule has 2 aromatic carbocycles. The van der Waals surface area contributed by atoms with Gasteiger partial charge in [-0.1, -0.05) is 48.5 Å². The summed E-state index contributed by atoms with van der Waals surface area (Å²) in [4.78, 5) is 36.3. The van der Waals surface area contributed by atoms with Crippen molar-refractivity contribution in [3.63, 3.8) is 0 Å². The zero-order valence-electron chi connectivity index (χ0n) is 14.5. The molecule has 6 nitrogen and oxygen atoms in total. The summed E-state index contributed by atoms with van der Waals surface area (Å²) in [6.45, 7) is -0.163. The van der Waals surface area contributed by atoms with E-state index in [0.717, 1.165) is 15.7 Å². The summed E-state index contributed by atoms with van der Waals surface area (Å²) in [5, 5.41) is 0. The molecule has 0 saturated heterocycles. The van der Waals surface area contributed by atoms with Crippen molar-refractivity contribution in [1.82, 2.24) is 9.13 Å². The number of esters is 1. The number of benzene rings is 2. The Balaban J connectivity index is 1.87. The Morgan fingerprint density at radius 2 is 1.58 bits per heavy atom. The second-order valence-electron chi connectivity index (χ2n) is 5.86. The molecule has 0 bridgehead atoms. The van der Waals surface area contributed by atoms with E-state index in [0.29, 0.717) is 11.3 Å². The molecule has 3 rings (SSSR count). The fourth-order valence-electron chi connectivity index (χ4n) is 2.66. The van der Waals surface area contributed by atoms with Crippen LogP contribution in [-0.2, 0) is 25.4 Å². The van der Waals surface area contributed by atoms with Crippen LogP contribution >= 0.6 is 0 Å². The van der Waals surface area contributed by atoms with E-state index >= 15 is 0 Å². The van der Waals surface area contributed by atoms with E-state index in [2.05, 4.69) is 0 Å². The van der Waals surface area contributed by atoms with Crippen LogP contribution in [0.4, 0.5) is 0 Å². The molecule has 0 unspecified atom stereocenters. The minimum absolute atomic E-state index is 0.163. The SMILES string of the molecule is Cn1c(COC(=O)c2ccccc2-c2ccccc2)cc(=O)n(C)c1=O. The Kier molecular flexibility index (Phi) is 4.84. The van der Waals surface area contributed by atoms with E-state index in [9.17, 15) is 14.4 Å². The van der Waals surface area contributed by atoms with Crippen molar-refractivity contribution in [2.24, 2.45) is 14.1 Å². The second-order valence-corrected chi connectivity index (χ2v) is 5.86. The van der Waals surface area contributed by atoms with E-state index in [1.165, 1.54) is 24.7 Å². The third-order valence-electron chi connectivity index (χ3n) is 4.21. The summed E-state index contributed by atoms with van der Waals surface area (Å²) in [7, 11) is 2.93. The Hall–Kier alpha value is -3.41. The van der Waals surface area contributed by atoms with E-state index in [1.807, 2.05) is 42.5 Å². The summed E-state index contributed by atoms with van der Waals surface area (Å²) >= 11 is 0. The molecule has 0 aliphatic rings. The van der Waals surface area contributed by atoms with Gasteiger partial charge in [0, 0.05) is 20.2 Å². The summed E-state index contributed by atoms with van der Waals surface area (Å²) in [5.74, 6) is -0.516. The molecule has 0 radical (unpaired) electrons. The lowest BCUT2D eigenvalue weighted by molar-refractivity contribution is 0.0463. The maximum absolute atomic E-state index is 12.6. The highest BCUT2D eigenvalue weighted by molar-refractivity contribution is 5.97. The van der Waals surface area contributed by atoms with Gasteiger partial charge in [0.05, 0.1) is 11.3 Å². The van der Waals surface area contributed by atoms with Crippen molar-refractivity contribution in [1.29, 1.82) is 0 Å². The summed E-state index contributed by atoms with van der Waals surface area (Å²) in [6, 6.07) is 18.0. The van der Waals surface area contributed by atoms with Gasteiger partial charge >= 0.3 is 11.7 Å². The first kappa shape index (κ1) is 17.4. The van der Waals surface area contributed by atoms with Crippen molar-refractivity contribution in [3.8, 4) is 11.1 Å². The Morgan fingerprint density at radius 1 is 0.923 bits per heavy atom. The van der Waals surface area contributed by atoms with Gasteiger partial charge in [-0.2, -0.15) is 0 Å². The van der Waals surface area contributed by atoms with Gasteiger partial charge in [0.15, 0.2) is 0 Å². The average Bonchev–Trinajstić information content (AvgIpc) is 2.68. The number of ether oxygens (including phenoxy) is 1. The first-order valence-electron chi connectivity index (χ1n) is 8.06. The highest BCUT2D eigenvalue weighted by atomic mass is 16.5. The lowest BCUT2D eigenvalue weighted by Gasteiger charge is -2.12. The van der Waals surface area contributed by atoms with E-state index < -0.39 is 17.2 Å². The van der Waals surface area contributed by atoms with Crippen molar-refractivity contribution < 1.29 is 9.53 Å². The number of aromatic nitrogens is 2. The molecule has 0 amide bonds. The van der Waals surface area contributed by atoms with Crippen LogP contribution < -0.4 is 11.2 Å². The van der Waals surface area contributed by atoms with E-state index in [-0.39, 0.29) is 6.61 Å². The number of hydrogen-bond donors (Lipinski definition) is 0. The number of carbonyl (C=O) groups excluding carboxylic acids is 1. The van der Waals surface area contributed by atoms with Crippen molar-refractivity contribution in [3.05, 3.63) is 92.8 Å². The molecule has 26 heavy (non-hydrogen) atoms. The highest BCUT2D eigenvalue weighted by Crippen LogP contribution is 2.24. The molecule has 0 aliphatic carbocycles. The molecule has 0 N–H and O–H groups in total. The fourth-order valence-corrected chi connectivity index (χ4v) is 2.66. The zero-order chi connectivity index (χ0) is 18.7. The average molecular weight is 350 g/mol. The molecule has 1 heterocycles. The quantitative estimate of drug-likeness (QED) is 0.676. The van der Waals surface area contributed by atoms with Crippen LogP contribution in [0, 0.1) is 0 Å². The lowest BCUT2D eigenvalue weighted by Crippen LogP contribution is -2.38. The van der Waals surface area contributed by atoms with E-state index in [4.69, 9.17) is 4.74 Å². The smallest absolute Gasteiger partial charge is 0.339 e. The number of hydrogen-bond acceptors (Lipinski definition) is 4. The van der Waals surface area contributed by atoms with Gasteiger partial charge < -0.3 is 4.74 Å². The van der Waals surface area contributed by atoms with Crippen LogP contribution in [0.3, 0.4) is 0 Å². The van der Waals surface area contributed by atoms with Gasteiger partial charge in [-0.3, -0.25) is 13.9 Å². The standard InChI is InChI=1S/C20H18N2O4/c1-21-15(12-18(23)22(2)20(21)25)13-26-19(24)17-11-7-6-10-16(17)14-8-4-3-5-9-14/h3-12H,13H2,1-2H3. The van der Waals surface area contributed by atoms with Gasteiger partial charge in [-0.05, 0) is 17.2 Å². The minimum Gasteiger partial charge on any atom is -0.456 e. The molecule has 0 saturated carbocycles. The first-order valence-corrected chi connectivity index (χ1v) is 8.06. The number of rotatable bonds is 4. The van der Waals surface area contributed by atoms with Gasteiger partial charge in [0.1, 0.15) is 6.61 Å². The van der Waals surface area contributed by atoms with Gasteiger partial charge in [-0.15, -0.1) is 0 Å². The van der Waals surface area contributed by atoms with Crippen LogP contribution in [0.5, 0.6) is 0 Å². The molecule has 1 aromatic heterocycles. The molecular weight excluding hydrogens is 332 g/mol. The maximum Gasteiger partial charge on any atom is 0.339 e. The highest BCUT2D eigenvalue weighted by Gasteiger charge is 2.15. The Morgan fingerprint density at radius 3 is 2.31 bits per heavy atom. The lowest BCUT2D eigenvalue weighted by atomic mass is 10.00. The van der Waals surface area contributed by atoms with Crippen molar-refractivity contribution >= 4 is 5.97 Å². The van der Waals surface area contributed by atoms with Crippen LogP contribution in [0.2, 0.25) is 0 Å². The predicted octanol–water partition coefficient (Wildman–Crippen LogP) is 2.11. The second kappa shape index (κ2) is 7.23. The van der Waals surface area contributed by atoms with Crippen LogP contribution in [0.25, 0.3) is 11.1 Å². The number of nitrogens with zero attached hydrogens (tertiary/aromatic N) is 2. The molecule has 0 aliphatic heterocycles. The molecule has 0 fully saturated rings. The van der Waals surface area contributed by atoms with Crippen LogP contribution in [-0.4, -0.2) is 15.1 Å². The molecule has 6 heteroatoms. The van der Waals surface area contributed by atoms with Gasteiger partial charge in [0.2, 0.25) is 0 Å². The third kappa shape index (κ3) is 3.35. The molecule has 0 spiro atoms. The Labute approximate surface area is 149 Å². The summed E-state index contributed by atoms with van der Waals surface area (Å²) in [6.07, 6.45) is 0. The summed E-state index contributed by atoms with van der Waals surface area (Å²) < 4.78 is 7.65. The van der Waals surface area contributed by atoms with Crippen molar-refractivity contribution in [2.45, 2.75) is 6.61 Å². The fraction of sp³-hybridized carbons (Fsp3) is 0.150. The Bertz CT molecular complexity index is 1070. The normalized spacial score (nSPS) is 10.5. The predicted molar refractivity (Wildman–Crippen MR) is 97.9 cm³/mol. The topological polar surface area (TPSA) is 70.3 Å². The largest absolute Gasteiger partial charge is 0.456 e. The van der Waals surface area contributed by atoms with Crippen LogP contribution in [0.15, 0.2) is 70.3 Å².